The zero-order chi connectivity index (χ0) is 14.8. The molecule has 6 nitrogen and oxygen atoms in total. The van der Waals surface area contributed by atoms with E-state index in [0.717, 1.165) is 19.3 Å². The highest BCUT2D eigenvalue weighted by molar-refractivity contribution is 5.69. The van der Waals surface area contributed by atoms with Gasteiger partial charge in [0.25, 0.3) is 0 Å². The molecule has 0 spiro atoms. The lowest BCUT2D eigenvalue weighted by molar-refractivity contribution is -0.206. The number of methoxy groups -OCH3 is 1. The molecule has 0 saturated carbocycles. The predicted molar refractivity (Wildman–Crippen MR) is 73.7 cm³/mol. The molecule has 0 aliphatic carbocycles. The Bertz CT molecular complexity index is 342. The maximum atomic E-state index is 10.9. The monoisotopic (exact) mass is 285 g/mol. The minimum Gasteiger partial charge on any atom is -0.469 e. The van der Waals surface area contributed by atoms with Crippen LogP contribution in [0.1, 0.15) is 32.6 Å². The number of carbonyl (C=O) groups is 1. The fourth-order valence-corrected chi connectivity index (χ4v) is 2.01. The molecule has 0 unspecified atom stereocenters. The lowest BCUT2D eigenvalue weighted by Crippen LogP contribution is -2.39. The number of nitrogens with zero attached hydrogens (tertiary/aromatic N) is 1. The summed E-state index contributed by atoms with van der Waals surface area (Å²) in [6, 6.07) is 0. The second-order valence-electron chi connectivity index (χ2n) is 4.70. The smallest absolute Gasteiger partial charge is 0.305 e. The Morgan fingerprint density at radius 3 is 3.00 bits per heavy atom. The van der Waals surface area contributed by atoms with Crippen LogP contribution in [0.3, 0.4) is 0 Å². The van der Waals surface area contributed by atoms with Crippen molar-refractivity contribution in [3.05, 3.63) is 12.2 Å². The summed E-state index contributed by atoms with van der Waals surface area (Å²) in [6.45, 7) is 2.39. The molecule has 1 saturated heterocycles. The molecule has 0 aromatic heterocycles. The van der Waals surface area contributed by atoms with E-state index in [4.69, 9.17) is 14.7 Å². The first-order valence-corrected chi connectivity index (χ1v) is 6.83. The fraction of sp³-hybridized carbons (Fsp3) is 0.714. The Kier molecular flexibility index (Phi) is 7.91. The molecule has 1 rings (SSSR count). The highest BCUT2D eigenvalue weighted by atomic mass is 16.7. The molecule has 0 aromatic carbocycles. The van der Waals surface area contributed by atoms with E-state index in [9.17, 15) is 4.79 Å². The molecule has 0 radical (unpaired) electrons. The Hall–Kier alpha value is -1.40. The number of oxime groups is 1. The molecule has 1 aliphatic rings. The van der Waals surface area contributed by atoms with Gasteiger partial charge in [0.15, 0.2) is 6.29 Å². The molecule has 3 atom stereocenters. The van der Waals surface area contributed by atoms with Gasteiger partial charge in [-0.1, -0.05) is 17.3 Å². The average Bonchev–Trinajstić information content (AvgIpc) is 2.44. The van der Waals surface area contributed by atoms with Gasteiger partial charge in [0.1, 0.15) is 6.10 Å². The number of unbranched alkanes of at least 4 members (excludes halogenated alkanes) is 1. The van der Waals surface area contributed by atoms with Crippen molar-refractivity contribution in [1.82, 2.24) is 0 Å². The van der Waals surface area contributed by atoms with E-state index in [1.54, 1.807) is 0 Å². The summed E-state index contributed by atoms with van der Waals surface area (Å²) in [5, 5.41) is 11.7. The van der Waals surface area contributed by atoms with Gasteiger partial charge in [-0.25, -0.2) is 0 Å². The summed E-state index contributed by atoms with van der Waals surface area (Å²) in [6.07, 6.45) is 7.79. The van der Waals surface area contributed by atoms with Gasteiger partial charge in [0, 0.05) is 12.3 Å². The van der Waals surface area contributed by atoms with Crippen LogP contribution in [0, 0.1) is 5.92 Å². The van der Waals surface area contributed by atoms with Gasteiger partial charge in [-0.2, -0.15) is 0 Å². The van der Waals surface area contributed by atoms with E-state index in [-0.39, 0.29) is 24.3 Å². The molecule has 20 heavy (non-hydrogen) atoms. The van der Waals surface area contributed by atoms with Crippen molar-refractivity contribution in [2.24, 2.45) is 11.1 Å². The van der Waals surface area contributed by atoms with Crippen LogP contribution in [0.25, 0.3) is 0 Å². The molecule has 1 fully saturated rings. The Morgan fingerprint density at radius 1 is 1.50 bits per heavy atom. The first kappa shape index (κ1) is 16.7. The fourth-order valence-electron chi connectivity index (χ4n) is 2.01. The number of ether oxygens (including phenoxy) is 3. The summed E-state index contributed by atoms with van der Waals surface area (Å²) in [5.74, 6) is -0.0420. The molecule has 0 aromatic rings. The minimum atomic E-state index is -0.279. The third kappa shape index (κ3) is 6.16. The SMILES string of the molecule is COC(=O)CCC/C=C\C[C@H]1CO[C@@H](C)O[C@H]1/C=N/O. The van der Waals surface area contributed by atoms with Gasteiger partial charge in [0.05, 0.1) is 19.9 Å². The van der Waals surface area contributed by atoms with Crippen molar-refractivity contribution >= 4 is 12.2 Å². The standard InChI is InChI=1S/C14H23NO5/c1-11-19-10-12(13(20-11)9-15-17)7-5-3-4-6-8-14(16)18-2/h3,5,9,11-13,17H,4,6-8,10H2,1-2H3/b5-3-,15-9+/t11-,12+,13+/m1/s1. The van der Waals surface area contributed by atoms with Gasteiger partial charge >= 0.3 is 5.97 Å². The molecule has 114 valence electrons. The lowest BCUT2D eigenvalue weighted by Gasteiger charge is -2.32. The molecular formula is C14H23NO5. The van der Waals surface area contributed by atoms with E-state index in [0.29, 0.717) is 13.0 Å². The Morgan fingerprint density at radius 2 is 2.30 bits per heavy atom. The molecule has 0 bridgehead atoms. The molecule has 1 aliphatic heterocycles. The van der Waals surface area contributed by atoms with Crippen LogP contribution in [0.2, 0.25) is 0 Å². The average molecular weight is 285 g/mol. The van der Waals surface area contributed by atoms with Crippen molar-refractivity contribution in [3.8, 4) is 0 Å². The first-order valence-electron chi connectivity index (χ1n) is 6.83. The maximum absolute atomic E-state index is 10.9. The predicted octanol–water partition coefficient (Wildman–Crippen LogP) is 2.11. The van der Waals surface area contributed by atoms with E-state index in [1.165, 1.54) is 13.3 Å². The van der Waals surface area contributed by atoms with Crippen molar-refractivity contribution in [1.29, 1.82) is 0 Å². The Labute approximate surface area is 119 Å². The molecule has 0 amide bonds. The van der Waals surface area contributed by atoms with Crippen LogP contribution in [-0.2, 0) is 19.0 Å². The van der Waals surface area contributed by atoms with Gasteiger partial charge in [-0.15, -0.1) is 0 Å². The maximum Gasteiger partial charge on any atom is 0.305 e. The number of hydrogen-bond acceptors (Lipinski definition) is 6. The van der Waals surface area contributed by atoms with Crippen LogP contribution in [0.5, 0.6) is 0 Å². The zero-order valence-electron chi connectivity index (χ0n) is 12.0. The number of esters is 1. The van der Waals surface area contributed by atoms with Gasteiger partial charge in [0.2, 0.25) is 0 Å². The number of carbonyl (C=O) groups excluding carboxylic acids is 1. The molecular weight excluding hydrogens is 262 g/mol. The lowest BCUT2D eigenvalue weighted by atomic mass is 9.98. The van der Waals surface area contributed by atoms with Crippen molar-refractivity contribution in [3.63, 3.8) is 0 Å². The van der Waals surface area contributed by atoms with E-state index in [1.807, 2.05) is 19.1 Å². The first-order chi connectivity index (χ1) is 9.67. The van der Waals surface area contributed by atoms with Crippen LogP contribution in [0.4, 0.5) is 0 Å². The molecule has 1 heterocycles. The van der Waals surface area contributed by atoms with Crippen molar-refractivity contribution in [2.75, 3.05) is 13.7 Å². The van der Waals surface area contributed by atoms with E-state index in [2.05, 4.69) is 9.89 Å². The van der Waals surface area contributed by atoms with Gasteiger partial charge in [-0.3, -0.25) is 4.79 Å². The van der Waals surface area contributed by atoms with E-state index >= 15 is 0 Å². The molecule has 6 heteroatoms. The molecule has 1 N–H and O–H groups in total. The highest BCUT2D eigenvalue weighted by Gasteiger charge is 2.28. The number of allylic oxidation sites excluding steroid dienone is 2. The van der Waals surface area contributed by atoms with Crippen molar-refractivity contribution < 1.29 is 24.2 Å². The summed E-state index contributed by atoms with van der Waals surface area (Å²) < 4.78 is 15.5. The third-order valence-electron chi connectivity index (χ3n) is 3.16. The Balaban J connectivity index is 2.26. The largest absolute Gasteiger partial charge is 0.469 e. The van der Waals surface area contributed by atoms with Gasteiger partial charge < -0.3 is 19.4 Å². The second-order valence-corrected chi connectivity index (χ2v) is 4.70. The summed E-state index contributed by atoms with van der Waals surface area (Å²) in [7, 11) is 1.39. The number of rotatable bonds is 7. The zero-order valence-corrected chi connectivity index (χ0v) is 12.0. The van der Waals surface area contributed by atoms with Crippen LogP contribution in [0.15, 0.2) is 17.3 Å². The van der Waals surface area contributed by atoms with Gasteiger partial charge in [-0.05, 0) is 26.2 Å². The quantitative estimate of drug-likeness (QED) is 0.194. The van der Waals surface area contributed by atoms with E-state index < -0.39 is 0 Å². The summed E-state index contributed by atoms with van der Waals surface area (Å²) in [5.41, 5.74) is 0. The topological polar surface area (TPSA) is 77.4 Å². The third-order valence-corrected chi connectivity index (χ3v) is 3.16. The summed E-state index contributed by atoms with van der Waals surface area (Å²) in [4.78, 5) is 10.9. The number of hydrogen-bond donors (Lipinski definition) is 1. The second kappa shape index (κ2) is 9.50. The summed E-state index contributed by atoms with van der Waals surface area (Å²) >= 11 is 0. The van der Waals surface area contributed by atoms with Crippen LogP contribution in [-0.4, -0.2) is 43.5 Å². The van der Waals surface area contributed by atoms with Crippen LogP contribution < -0.4 is 0 Å². The van der Waals surface area contributed by atoms with Crippen LogP contribution >= 0.6 is 0 Å². The highest BCUT2D eigenvalue weighted by Crippen LogP contribution is 2.21. The minimum absolute atomic E-state index is 0.138. The normalized spacial score (nSPS) is 27.2. The van der Waals surface area contributed by atoms with Crippen molar-refractivity contribution in [2.45, 2.75) is 45.0 Å².